The second-order valence-electron chi connectivity index (χ2n) is 2.85. The average Bonchev–Trinajstić information content (AvgIpc) is 2.91. The number of hydrogen-bond acceptors (Lipinski definition) is 2. The van der Waals surface area contributed by atoms with Gasteiger partial charge in [0.05, 0.1) is 0 Å². The zero-order valence-electron chi connectivity index (χ0n) is 8.28. The third kappa shape index (κ3) is 4.96. The number of aliphatic hydroxyl groups excluding tert-OH is 2. The average molecular weight is 246 g/mol. The van der Waals surface area contributed by atoms with Gasteiger partial charge >= 0.3 is 17.1 Å². The summed E-state index contributed by atoms with van der Waals surface area (Å²) >= 11 is 0. The van der Waals surface area contributed by atoms with E-state index < -0.39 is 0 Å². The van der Waals surface area contributed by atoms with Gasteiger partial charge in [0.1, 0.15) is 0 Å². The second kappa shape index (κ2) is 8.45. The molecule has 2 nitrogen and oxygen atoms in total. The van der Waals surface area contributed by atoms with Crippen LogP contribution in [-0.2, 0) is 30.3 Å². The maximum absolute atomic E-state index is 8.63. The third-order valence-corrected chi connectivity index (χ3v) is 1.90. The predicted octanol–water partition coefficient (Wildman–Crippen LogP) is 1.79. The predicted molar refractivity (Wildman–Crippen MR) is 55.9 cm³/mol. The first-order valence-corrected chi connectivity index (χ1v) is 4.50. The van der Waals surface area contributed by atoms with Crippen LogP contribution in [0, 0.1) is 0 Å². The van der Waals surface area contributed by atoms with Gasteiger partial charge in [-0.2, -0.15) is 24.3 Å². The smallest absolute Gasteiger partial charge is 0.404 e. The summed E-state index contributed by atoms with van der Waals surface area (Å²) in [5.41, 5.74) is 1.63. The van der Waals surface area contributed by atoms with Crippen LogP contribution >= 0.6 is 0 Å². The molecule has 3 heteroatoms. The summed E-state index contributed by atoms with van der Waals surface area (Å²) in [6.07, 6.45) is 0. The van der Waals surface area contributed by atoms with Gasteiger partial charge in [-0.25, -0.2) is 24.3 Å². The Labute approximate surface area is 100 Å². The molecule has 0 aliphatic carbocycles. The van der Waals surface area contributed by atoms with Crippen LogP contribution in [-0.4, -0.2) is 10.2 Å². The summed E-state index contributed by atoms with van der Waals surface area (Å²) in [7, 11) is 0. The van der Waals surface area contributed by atoms with Gasteiger partial charge in [-0.05, 0) is 0 Å². The summed E-state index contributed by atoms with van der Waals surface area (Å²) in [4.78, 5) is 0. The van der Waals surface area contributed by atoms with Gasteiger partial charge in [0.15, 0.2) is 0 Å². The Kier molecular flexibility index (Phi) is 7.96. The second-order valence-corrected chi connectivity index (χ2v) is 2.85. The standard InChI is InChI=1S/C7H9O2.C5H5.Fe/c8-4-6-2-1-3-7(6)5-9;1-2-4-5-3-1;/h1-3,8-9H,4-5H2;1-5H;/q2*-1;+2. The molecular weight excluding hydrogens is 232 g/mol. The Balaban J connectivity index is 0.000000280. The number of rotatable bonds is 2. The third-order valence-electron chi connectivity index (χ3n) is 1.90. The molecule has 0 saturated carbocycles. The van der Waals surface area contributed by atoms with Crippen molar-refractivity contribution in [1.29, 1.82) is 0 Å². The van der Waals surface area contributed by atoms with Crippen LogP contribution in [0.5, 0.6) is 0 Å². The molecule has 0 spiro atoms. The summed E-state index contributed by atoms with van der Waals surface area (Å²) in [5.74, 6) is 0. The quantitative estimate of drug-likeness (QED) is 0.626. The van der Waals surface area contributed by atoms with Gasteiger partial charge in [0.2, 0.25) is 0 Å². The van der Waals surface area contributed by atoms with Crippen molar-refractivity contribution in [2.45, 2.75) is 13.2 Å². The van der Waals surface area contributed by atoms with Crippen molar-refractivity contribution in [3.8, 4) is 0 Å². The maximum atomic E-state index is 8.63. The van der Waals surface area contributed by atoms with Gasteiger partial charge in [0, 0.05) is 13.2 Å². The minimum absolute atomic E-state index is 0. The van der Waals surface area contributed by atoms with Crippen molar-refractivity contribution in [3.05, 3.63) is 59.7 Å². The summed E-state index contributed by atoms with van der Waals surface area (Å²) in [6.45, 7) is 0.0335. The van der Waals surface area contributed by atoms with Crippen LogP contribution < -0.4 is 0 Å². The van der Waals surface area contributed by atoms with Crippen LogP contribution in [0.1, 0.15) is 11.1 Å². The molecule has 2 rings (SSSR count). The molecule has 0 atom stereocenters. The van der Waals surface area contributed by atoms with Crippen molar-refractivity contribution in [1.82, 2.24) is 0 Å². The molecular formula is C12H14FeO2. The van der Waals surface area contributed by atoms with Crippen molar-refractivity contribution in [2.75, 3.05) is 0 Å². The summed E-state index contributed by atoms with van der Waals surface area (Å²) < 4.78 is 0. The fraction of sp³-hybridized carbons (Fsp3) is 0.167. The Bertz CT molecular complexity index is 289. The van der Waals surface area contributed by atoms with E-state index in [0.29, 0.717) is 0 Å². The monoisotopic (exact) mass is 246 g/mol. The SMILES string of the molecule is OCc1ccc[c-]1CO.[Fe+2].c1cc[cH-]c1. The van der Waals surface area contributed by atoms with Crippen molar-refractivity contribution >= 4 is 0 Å². The van der Waals surface area contributed by atoms with E-state index in [1.807, 2.05) is 36.4 Å². The van der Waals surface area contributed by atoms with Crippen molar-refractivity contribution in [2.24, 2.45) is 0 Å². The Morgan fingerprint density at radius 2 is 1.80 bits per heavy atom. The first-order valence-electron chi connectivity index (χ1n) is 4.50. The van der Waals surface area contributed by atoms with Gasteiger partial charge < -0.3 is 10.2 Å². The molecule has 0 bridgehead atoms. The number of aliphatic hydroxyl groups is 2. The first kappa shape index (κ1) is 14.1. The summed E-state index contributed by atoms with van der Waals surface area (Å²) in [6, 6.07) is 15.4. The molecule has 0 unspecified atom stereocenters. The molecule has 0 aliphatic heterocycles. The number of hydrogen-bond donors (Lipinski definition) is 2. The molecule has 0 fully saturated rings. The molecule has 0 aliphatic rings. The molecule has 0 heterocycles. The minimum Gasteiger partial charge on any atom is -0.404 e. The fourth-order valence-corrected chi connectivity index (χ4v) is 1.12. The normalized spacial score (nSPS) is 8.67. The van der Waals surface area contributed by atoms with E-state index in [9.17, 15) is 0 Å². The molecule has 0 radical (unpaired) electrons. The van der Waals surface area contributed by atoms with E-state index in [4.69, 9.17) is 10.2 Å². The largest absolute Gasteiger partial charge is 2.00 e. The molecule has 2 aromatic carbocycles. The Hall–Kier alpha value is -0.861. The zero-order chi connectivity index (χ0) is 10.2. The van der Waals surface area contributed by atoms with Crippen LogP contribution in [0.25, 0.3) is 0 Å². The molecule has 15 heavy (non-hydrogen) atoms. The minimum atomic E-state index is 0. The van der Waals surface area contributed by atoms with Gasteiger partial charge in [-0.15, -0.1) is 11.1 Å². The van der Waals surface area contributed by atoms with E-state index in [2.05, 4.69) is 0 Å². The Morgan fingerprint density at radius 1 is 1.13 bits per heavy atom. The Morgan fingerprint density at radius 3 is 2.13 bits per heavy atom. The van der Waals surface area contributed by atoms with Crippen LogP contribution in [0.2, 0.25) is 0 Å². The van der Waals surface area contributed by atoms with E-state index in [1.54, 1.807) is 12.1 Å². The topological polar surface area (TPSA) is 40.5 Å². The zero-order valence-corrected chi connectivity index (χ0v) is 9.39. The van der Waals surface area contributed by atoms with E-state index in [1.165, 1.54) is 0 Å². The van der Waals surface area contributed by atoms with E-state index >= 15 is 0 Å². The van der Waals surface area contributed by atoms with Gasteiger partial charge in [0.25, 0.3) is 0 Å². The van der Waals surface area contributed by atoms with Crippen molar-refractivity contribution in [3.63, 3.8) is 0 Å². The van der Waals surface area contributed by atoms with Crippen LogP contribution in [0.3, 0.4) is 0 Å². The molecule has 2 N–H and O–H groups in total. The van der Waals surface area contributed by atoms with Gasteiger partial charge in [-0.1, -0.05) is 0 Å². The first-order chi connectivity index (χ1) is 6.88. The van der Waals surface area contributed by atoms with E-state index in [0.717, 1.165) is 11.1 Å². The maximum Gasteiger partial charge on any atom is 2.00 e. The van der Waals surface area contributed by atoms with E-state index in [-0.39, 0.29) is 30.3 Å². The molecule has 2 aromatic rings. The van der Waals surface area contributed by atoms with Crippen LogP contribution in [0.15, 0.2) is 48.5 Å². The summed E-state index contributed by atoms with van der Waals surface area (Å²) in [5, 5.41) is 17.3. The molecule has 82 valence electrons. The fourth-order valence-electron chi connectivity index (χ4n) is 1.12. The molecule has 0 aromatic heterocycles. The molecule has 0 amide bonds. The molecule has 0 saturated heterocycles. The van der Waals surface area contributed by atoms with Crippen LogP contribution in [0.4, 0.5) is 0 Å². The van der Waals surface area contributed by atoms with Gasteiger partial charge in [-0.3, -0.25) is 0 Å². The van der Waals surface area contributed by atoms with Crippen molar-refractivity contribution < 1.29 is 27.3 Å².